The van der Waals surface area contributed by atoms with Crippen LogP contribution < -0.4 is 0 Å². The van der Waals surface area contributed by atoms with Gasteiger partial charge in [0.15, 0.2) is 0 Å². The molecule has 0 aliphatic carbocycles. The van der Waals surface area contributed by atoms with Gasteiger partial charge in [-0.15, -0.1) is 0 Å². The summed E-state index contributed by atoms with van der Waals surface area (Å²) in [5.74, 6) is 1.13. The van der Waals surface area contributed by atoms with Gasteiger partial charge >= 0.3 is 5.97 Å². The quantitative estimate of drug-likeness (QED) is 0.874. The van der Waals surface area contributed by atoms with Crippen LogP contribution in [-0.2, 0) is 13.0 Å². The molecule has 4 heteroatoms. The van der Waals surface area contributed by atoms with Gasteiger partial charge in [-0.25, -0.2) is 9.78 Å². The molecule has 1 atom stereocenters. The third-order valence-electron chi connectivity index (χ3n) is 4.16. The van der Waals surface area contributed by atoms with Crippen LogP contribution in [0.5, 0.6) is 0 Å². The summed E-state index contributed by atoms with van der Waals surface area (Å²) in [6.07, 6.45) is 1.88. The van der Waals surface area contributed by atoms with Gasteiger partial charge < -0.3 is 9.67 Å². The van der Waals surface area contributed by atoms with Gasteiger partial charge in [-0.2, -0.15) is 0 Å². The number of aromatic carboxylic acids is 1. The van der Waals surface area contributed by atoms with E-state index < -0.39 is 5.97 Å². The Kier molecular flexibility index (Phi) is 4.66. The summed E-state index contributed by atoms with van der Waals surface area (Å²) in [4.78, 5) is 16.2. The van der Waals surface area contributed by atoms with Gasteiger partial charge in [-0.3, -0.25) is 0 Å². The molecule has 0 fully saturated rings. The molecule has 1 heterocycles. The molecule has 1 aromatic carbocycles. The van der Waals surface area contributed by atoms with Crippen LogP contribution in [0.25, 0.3) is 11.0 Å². The van der Waals surface area contributed by atoms with E-state index >= 15 is 0 Å². The number of carboxylic acids is 1. The highest BCUT2D eigenvalue weighted by atomic mass is 16.4. The summed E-state index contributed by atoms with van der Waals surface area (Å²) in [6.45, 7) is 9.53. The lowest BCUT2D eigenvalue weighted by molar-refractivity contribution is 0.0698. The highest BCUT2D eigenvalue weighted by molar-refractivity contribution is 6.01. The van der Waals surface area contributed by atoms with Crippen LogP contribution in [0.4, 0.5) is 0 Å². The van der Waals surface area contributed by atoms with Gasteiger partial charge in [0.1, 0.15) is 5.82 Å². The van der Waals surface area contributed by atoms with Gasteiger partial charge in [0, 0.05) is 13.0 Å². The van der Waals surface area contributed by atoms with Crippen LogP contribution >= 0.6 is 0 Å². The van der Waals surface area contributed by atoms with Gasteiger partial charge in [-0.1, -0.05) is 33.8 Å². The number of fused-ring (bicyclic) bond motifs is 1. The molecule has 0 aliphatic heterocycles. The minimum absolute atomic E-state index is 0.346. The van der Waals surface area contributed by atoms with E-state index in [2.05, 4.69) is 37.2 Å². The van der Waals surface area contributed by atoms with E-state index in [0.717, 1.165) is 36.2 Å². The van der Waals surface area contributed by atoms with Crippen molar-refractivity contribution in [1.82, 2.24) is 9.55 Å². The Morgan fingerprint density at radius 3 is 2.62 bits per heavy atom. The molecule has 4 nitrogen and oxygen atoms in total. The summed E-state index contributed by atoms with van der Waals surface area (Å²) >= 11 is 0. The Labute approximate surface area is 125 Å². The number of carbonyl (C=O) groups is 1. The number of hydrogen-bond donors (Lipinski definition) is 1. The standard InChI is InChI=1S/C17H24N2O2/c1-5-7-15-18-14-9-6-8-13(17(20)21)16(14)19(15)10-12(4)11(2)3/h6,8-9,11-12H,5,7,10H2,1-4H3,(H,20,21). The third-order valence-corrected chi connectivity index (χ3v) is 4.16. The second-order valence-corrected chi connectivity index (χ2v) is 6.09. The molecule has 1 unspecified atom stereocenters. The topological polar surface area (TPSA) is 55.1 Å². The van der Waals surface area contributed by atoms with Gasteiger partial charge in [0.05, 0.1) is 16.6 Å². The van der Waals surface area contributed by atoms with Crippen LogP contribution in [0.3, 0.4) is 0 Å². The number of para-hydroxylation sites is 1. The summed E-state index contributed by atoms with van der Waals surface area (Å²) in [5.41, 5.74) is 1.90. The molecule has 1 aromatic heterocycles. The number of imidazole rings is 1. The van der Waals surface area contributed by atoms with E-state index in [1.165, 1.54) is 0 Å². The zero-order valence-corrected chi connectivity index (χ0v) is 13.3. The van der Waals surface area contributed by atoms with Crippen LogP contribution in [0.2, 0.25) is 0 Å². The molecule has 0 spiro atoms. The molecule has 0 amide bonds. The maximum Gasteiger partial charge on any atom is 0.337 e. The van der Waals surface area contributed by atoms with E-state index in [-0.39, 0.29) is 0 Å². The lowest BCUT2D eigenvalue weighted by atomic mass is 9.98. The largest absolute Gasteiger partial charge is 0.478 e. The van der Waals surface area contributed by atoms with E-state index in [1.54, 1.807) is 12.1 Å². The van der Waals surface area contributed by atoms with Crippen molar-refractivity contribution in [3.8, 4) is 0 Å². The molecule has 0 saturated heterocycles. The summed E-state index contributed by atoms with van der Waals surface area (Å²) in [7, 11) is 0. The minimum Gasteiger partial charge on any atom is -0.478 e. The Morgan fingerprint density at radius 1 is 1.33 bits per heavy atom. The van der Waals surface area contributed by atoms with Crippen LogP contribution in [0.1, 0.15) is 50.3 Å². The summed E-state index contributed by atoms with van der Waals surface area (Å²) < 4.78 is 2.12. The fourth-order valence-corrected chi connectivity index (χ4v) is 2.52. The van der Waals surface area contributed by atoms with Gasteiger partial charge in [0.2, 0.25) is 0 Å². The first-order valence-electron chi connectivity index (χ1n) is 7.67. The van der Waals surface area contributed by atoms with Crippen molar-refractivity contribution in [3.63, 3.8) is 0 Å². The molecular formula is C17H24N2O2. The Bertz CT molecular complexity index is 644. The van der Waals surface area contributed by atoms with E-state index in [9.17, 15) is 9.90 Å². The molecule has 1 N–H and O–H groups in total. The van der Waals surface area contributed by atoms with E-state index in [1.807, 2.05) is 6.07 Å². The first kappa shape index (κ1) is 15.5. The zero-order valence-electron chi connectivity index (χ0n) is 13.3. The Balaban J connectivity index is 2.62. The fourth-order valence-electron chi connectivity index (χ4n) is 2.52. The van der Waals surface area contributed by atoms with Gasteiger partial charge in [0.25, 0.3) is 0 Å². The third kappa shape index (κ3) is 3.09. The van der Waals surface area contributed by atoms with Crippen molar-refractivity contribution in [2.24, 2.45) is 11.8 Å². The predicted molar refractivity (Wildman–Crippen MR) is 84.7 cm³/mol. The summed E-state index contributed by atoms with van der Waals surface area (Å²) in [6, 6.07) is 5.33. The predicted octanol–water partition coefficient (Wildman–Crippen LogP) is 3.98. The average Bonchev–Trinajstić information content (AvgIpc) is 2.76. The average molecular weight is 288 g/mol. The highest BCUT2D eigenvalue weighted by Crippen LogP contribution is 2.24. The monoisotopic (exact) mass is 288 g/mol. The molecule has 2 aromatic rings. The number of aromatic nitrogens is 2. The maximum absolute atomic E-state index is 11.5. The Morgan fingerprint density at radius 2 is 2.05 bits per heavy atom. The lowest BCUT2D eigenvalue weighted by Gasteiger charge is -2.19. The number of benzene rings is 1. The first-order chi connectivity index (χ1) is 9.95. The maximum atomic E-state index is 11.5. The Hall–Kier alpha value is -1.84. The van der Waals surface area contributed by atoms with Gasteiger partial charge in [-0.05, 0) is 30.4 Å². The second-order valence-electron chi connectivity index (χ2n) is 6.09. The van der Waals surface area contributed by atoms with Crippen LogP contribution in [0.15, 0.2) is 18.2 Å². The zero-order chi connectivity index (χ0) is 15.6. The number of carboxylic acid groups (broad SMARTS) is 1. The molecule has 0 radical (unpaired) electrons. The first-order valence-corrected chi connectivity index (χ1v) is 7.67. The number of nitrogens with zero attached hydrogens (tertiary/aromatic N) is 2. The molecule has 0 aliphatic rings. The van der Waals surface area contributed by atoms with Crippen LogP contribution in [0, 0.1) is 11.8 Å². The van der Waals surface area contributed by atoms with Crippen LogP contribution in [-0.4, -0.2) is 20.6 Å². The highest BCUT2D eigenvalue weighted by Gasteiger charge is 2.19. The summed E-state index contributed by atoms with van der Waals surface area (Å²) in [5, 5.41) is 9.45. The molecular weight excluding hydrogens is 264 g/mol. The second kappa shape index (κ2) is 6.29. The van der Waals surface area contributed by atoms with Crippen molar-refractivity contribution < 1.29 is 9.90 Å². The number of hydrogen-bond acceptors (Lipinski definition) is 2. The molecule has 2 rings (SSSR count). The van der Waals surface area contributed by atoms with Crippen molar-refractivity contribution >= 4 is 17.0 Å². The SMILES string of the molecule is CCCc1nc2cccc(C(=O)O)c2n1CC(C)C(C)C. The smallest absolute Gasteiger partial charge is 0.337 e. The van der Waals surface area contributed by atoms with Crippen molar-refractivity contribution in [2.45, 2.75) is 47.1 Å². The van der Waals surface area contributed by atoms with Crippen molar-refractivity contribution in [2.75, 3.05) is 0 Å². The molecule has 0 bridgehead atoms. The number of rotatable bonds is 6. The molecule has 0 saturated carbocycles. The lowest BCUT2D eigenvalue weighted by Crippen LogP contribution is -2.16. The normalized spacial score (nSPS) is 13.0. The minimum atomic E-state index is -0.887. The molecule has 21 heavy (non-hydrogen) atoms. The molecule has 114 valence electrons. The van der Waals surface area contributed by atoms with Crippen molar-refractivity contribution in [1.29, 1.82) is 0 Å². The fraction of sp³-hybridized carbons (Fsp3) is 0.529. The van der Waals surface area contributed by atoms with E-state index in [4.69, 9.17) is 0 Å². The van der Waals surface area contributed by atoms with E-state index in [0.29, 0.717) is 17.4 Å². The van der Waals surface area contributed by atoms with Crippen molar-refractivity contribution in [3.05, 3.63) is 29.6 Å². The number of aryl methyl sites for hydroxylation is 1.